The van der Waals surface area contributed by atoms with E-state index in [0.717, 1.165) is 72.1 Å². The molecule has 11 heteroatoms. The van der Waals surface area contributed by atoms with E-state index in [4.69, 9.17) is 14.9 Å². The third-order valence-corrected chi connectivity index (χ3v) is 9.15. The van der Waals surface area contributed by atoms with Gasteiger partial charge in [-0.25, -0.2) is 9.18 Å². The molecular formula is C32H42FN5O4S. The zero-order chi connectivity index (χ0) is 30.9. The van der Waals surface area contributed by atoms with Crippen LogP contribution in [0.3, 0.4) is 0 Å². The molecule has 1 saturated carbocycles. The molecule has 1 aliphatic carbocycles. The zero-order valence-corrected chi connectivity index (χ0v) is 26.5. The second kappa shape index (κ2) is 12.8. The maximum Gasteiger partial charge on any atom is 0.339 e. The number of rotatable bonds is 8. The summed E-state index contributed by atoms with van der Waals surface area (Å²) >= 11 is 1.87. The highest BCUT2D eigenvalue weighted by Crippen LogP contribution is 2.39. The van der Waals surface area contributed by atoms with Crippen LogP contribution in [0.5, 0.6) is 5.75 Å². The Labute approximate surface area is 256 Å². The molecule has 0 amide bonds. The van der Waals surface area contributed by atoms with Crippen molar-refractivity contribution in [3.05, 3.63) is 58.1 Å². The Balaban J connectivity index is 0.00000180. The van der Waals surface area contributed by atoms with Crippen molar-refractivity contribution in [2.24, 2.45) is 0 Å². The topological polar surface area (TPSA) is 104 Å². The van der Waals surface area contributed by atoms with Crippen LogP contribution in [0.4, 0.5) is 10.1 Å². The summed E-state index contributed by atoms with van der Waals surface area (Å²) in [6.07, 6.45) is 5.40. The number of piperazine rings is 1. The van der Waals surface area contributed by atoms with Crippen LogP contribution >= 0.6 is 11.8 Å². The first-order chi connectivity index (χ1) is 20.6. The van der Waals surface area contributed by atoms with Crippen molar-refractivity contribution in [1.82, 2.24) is 14.5 Å². The molecule has 9 nitrogen and oxygen atoms in total. The Morgan fingerprint density at radius 3 is 2.60 bits per heavy atom. The first kappa shape index (κ1) is 31.3. The predicted molar refractivity (Wildman–Crippen MR) is 168 cm³/mol. The Bertz CT molecular complexity index is 1560. The molecule has 0 radical (unpaired) electrons. The number of aromatic carboxylic acids is 1. The molecule has 232 valence electrons. The molecule has 3 aromatic rings. The lowest BCUT2D eigenvalue weighted by molar-refractivity contribution is -0.180. The van der Waals surface area contributed by atoms with E-state index in [9.17, 15) is 9.90 Å². The number of halogens is 1. The predicted octanol–water partition coefficient (Wildman–Crippen LogP) is 5.72. The molecule has 6 rings (SSSR count). The maximum atomic E-state index is 15.3. The number of nitrogens with one attached hydrogen (secondary N) is 1. The number of carboxylic acids is 1. The molecule has 0 spiro atoms. The molecule has 2 aromatic heterocycles. The summed E-state index contributed by atoms with van der Waals surface area (Å²) in [4.78, 5) is 20.7. The van der Waals surface area contributed by atoms with Crippen molar-refractivity contribution in [1.29, 1.82) is 5.41 Å². The molecule has 1 saturated heterocycles. The summed E-state index contributed by atoms with van der Waals surface area (Å²) in [5, 5.41) is 18.1. The fourth-order valence-electron chi connectivity index (χ4n) is 5.65. The van der Waals surface area contributed by atoms with Crippen LogP contribution < -0.4 is 15.0 Å². The zero-order valence-electron chi connectivity index (χ0n) is 25.7. The summed E-state index contributed by atoms with van der Waals surface area (Å²) in [5.41, 5.74) is 4.29. The van der Waals surface area contributed by atoms with E-state index in [2.05, 4.69) is 14.8 Å². The second-order valence-corrected chi connectivity index (χ2v) is 12.6. The van der Waals surface area contributed by atoms with Crippen molar-refractivity contribution >= 4 is 34.3 Å². The minimum atomic E-state index is -1.16. The van der Waals surface area contributed by atoms with Gasteiger partial charge in [-0.15, -0.1) is 0 Å². The lowest BCUT2D eigenvalue weighted by atomic mass is 10.1. The molecule has 2 N–H and O–H groups in total. The van der Waals surface area contributed by atoms with Gasteiger partial charge in [0, 0.05) is 87.5 Å². The van der Waals surface area contributed by atoms with E-state index in [1.807, 2.05) is 63.2 Å². The molecule has 0 unspecified atom stereocenters. The van der Waals surface area contributed by atoms with E-state index in [0.29, 0.717) is 30.8 Å². The minimum absolute atomic E-state index is 0.0906. The van der Waals surface area contributed by atoms with Crippen LogP contribution in [-0.4, -0.2) is 69.8 Å². The highest BCUT2D eigenvalue weighted by molar-refractivity contribution is 7.98. The summed E-state index contributed by atoms with van der Waals surface area (Å²) in [7, 11) is 0. The molecule has 43 heavy (non-hydrogen) atoms. The van der Waals surface area contributed by atoms with E-state index in [1.165, 1.54) is 6.07 Å². The van der Waals surface area contributed by atoms with Gasteiger partial charge >= 0.3 is 5.97 Å². The lowest BCUT2D eigenvalue weighted by Crippen LogP contribution is -2.47. The summed E-state index contributed by atoms with van der Waals surface area (Å²) in [5.74, 6) is 0.446. The third-order valence-electron chi connectivity index (χ3n) is 8.16. The lowest BCUT2D eigenvalue weighted by Gasteiger charge is -2.36. The maximum absolute atomic E-state index is 15.3. The van der Waals surface area contributed by atoms with E-state index >= 15 is 4.39 Å². The third kappa shape index (κ3) is 6.68. The number of benzene rings is 1. The highest BCUT2D eigenvalue weighted by atomic mass is 32.2. The smallest absolute Gasteiger partial charge is 0.339 e. The van der Waals surface area contributed by atoms with Crippen LogP contribution in [0.2, 0.25) is 0 Å². The Morgan fingerprint density at radius 2 is 1.93 bits per heavy atom. The largest absolute Gasteiger partial charge is 0.478 e. The average Bonchev–Trinajstić information content (AvgIpc) is 3.83. The van der Waals surface area contributed by atoms with Crippen molar-refractivity contribution in [3.8, 4) is 5.75 Å². The van der Waals surface area contributed by atoms with Gasteiger partial charge in [0.05, 0.1) is 28.9 Å². The number of fused-ring (bicyclic) bond motifs is 2. The second-order valence-electron chi connectivity index (χ2n) is 11.5. The molecule has 0 bridgehead atoms. The van der Waals surface area contributed by atoms with Crippen LogP contribution in [-0.2, 0) is 17.1 Å². The van der Waals surface area contributed by atoms with Gasteiger partial charge < -0.3 is 24.0 Å². The molecule has 4 heterocycles. The van der Waals surface area contributed by atoms with Gasteiger partial charge in [0.15, 0.2) is 0 Å². The van der Waals surface area contributed by atoms with Crippen molar-refractivity contribution in [2.75, 3.05) is 43.4 Å². The molecule has 0 atom stereocenters. The summed E-state index contributed by atoms with van der Waals surface area (Å²) < 4.78 is 29.2. The molecule has 2 aliphatic heterocycles. The van der Waals surface area contributed by atoms with Crippen molar-refractivity contribution in [2.45, 2.75) is 71.6 Å². The number of ether oxygens (including phenoxy) is 2. The van der Waals surface area contributed by atoms with Crippen LogP contribution in [0.25, 0.3) is 10.9 Å². The Kier molecular flexibility index (Phi) is 9.34. The Hall–Kier alpha value is -3.15. The molecule has 3 aliphatic rings. The number of aryl methyl sites for hydroxylation is 1. The highest BCUT2D eigenvalue weighted by Gasteiger charge is 2.31. The number of thioether (sulfide) groups is 1. The van der Waals surface area contributed by atoms with Crippen LogP contribution in [0.1, 0.15) is 73.8 Å². The van der Waals surface area contributed by atoms with Gasteiger partial charge in [-0.3, -0.25) is 15.3 Å². The number of hydrogen-bond acceptors (Lipinski definition) is 8. The van der Waals surface area contributed by atoms with Gasteiger partial charge in [0.1, 0.15) is 17.1 Å². The average molecular weight is 612 g/mol. The van der Waals surface area contributed by atoms with Crippen LogP contribution in [0.15, 0.2) is 24.5 Å². The SMILES string of the molecule is CC.Cc1ncc(CSCCN2CCN(c3cc4c(cc3F)c(=N)c(C(=O)O)cn4C3CC3)CC2)c2c1OC(C)(C)OC2. The van der Waals surface area contributed by atoms with E-state index in [1.54, 1.807) is 6.20 Å². The van der Waals surface area contributed by atoms with E-state index < -0.39 is 17.6 Å². The number of nitrogens with zero attached hydrogens (tertiary/aromatic N) is 4. The van der Waals surface area contributed by atoms with Gasteiger partial charge in [-0.1, -0.05) is 13.8 Å². The number of carboxylic acid groups (broad SMARTS) is 1. The number of hydrogen-bond donors (Lipinski definition) is 2. The quantitative estimate of drug-likeness (QED) is 0.312. The van der Waals surface area contributed by atoms with Crippen LogP contribution in [0, 0.1) is 18.2 Å². The fourth-order valence-corrected chi connectivity index (χ4v) is 6.65. The van der Waals surface area contributed by atoms with Gasteiger partial charge in [-0.05, 0) is 37.5 Å². The van der Waals surface area contributed by atoms with Gasteiger partial charge in [0.25, 0.3) is 0 Å². The summed E-state index contributed by atoms with van der Waals surface area (Å²) in [6.45, 7) is 14.4. The normalized spacial score (nSPS) is 18.0. The fraction of sp³-hybridized carbons (Fsp3) is 0.531. The number of aromatic nitrogens is 2. The monoisotopic (exact) mass is 611 g/mol. The van der Waals surface area contributed by atoms with Crippen molar-refractivity contribution < 1.29 is 23.8 Å². The molecule has 1 aromatic carbocycles. The number of pyridine rings is 2. The van der Waals surface area contributed by atoms with Crippen molar-refractivity contribution in [3.63, 3.8) is 0 Å². The number of anilines is 1. The Morgan fingerprint density at radius 1 is 1.21 bits per heavy atom. The first-order valence-electron chi connectivity index (χ1n) is 15.1. The minimum Gasteiger partial charge on any atom is -0.478 e. The standard InChI is InChI=1S/C30H36FN5O4S.C2H6/c1-18-28-23(16-39-30(2,3)40-28)19(14-33-18)17-41-11-10-34-6-8-35(9-7-34)26-13-25-21(12-24(26)31)27(32)22(29(37)38)15-36(25)20-4-5-20;1-2/h12-15,20,32H,4-11,16-17H2,1-3H3,(H,37,38);1-2H3. The molecular weight excluding hydrogens is 569 g/mol. The molecule has 2 fully saturated rings. The van der Waals surface area contributed by atoms with Gasteiger partial charge in [0.2, 0.25) is 5.79 Å². The van der Waals surface area contributed by atoms with Gasteiger partial charge in [-0.2, -0.15) is 11.8 Å². The summed E-state index contributed by atoms with van der Waals surface area (Å²) in [6, 6.07) is 3.36. The number of carbonyl (C=O) groups is 1. The van der Waals surface area contributed by atoms with E-state index in [-0.39, 0.29) is 17.0 Å². The first-order valence-corrected chi connectivity index (χ1v) is 16.3.